The number of hydrogen-bond acceptors (Lipinski definition) is 4. The number of carbonyl (C=O) groups excluding carboxylic acids is 2. The number of ether oxygens (including phenoxy) is 2. The van der Waals surface area contributed by atoms with Crippen LogP contribution < -0.4 is 0 Å². The minimum Gasteiger partial charge on any atom is -0.463 e. The summed E-state index contributed by atoms with van der Waals surface area (Å²) < 4.78 is 11.2. The number of cyclic esters (lactones) is 1. The molecule has 4 nitrogen and oxygen atoms in total. The quantitative estimate of drug-likeness (QED) is 0.532. The van der Waals surface area contributed by atoms with E-state index in [0.717, 1.165) is 25.7 Å². The largest absolute Gasteiger partial charge is 0.463 e. The average molecular weight is 348 g/mol. The molecule has 1 saturated carbocycles. The molecule has 0 aromatic carbocycles. The minimum absolute atomic E-state index is 0.106. The van der Waals surface area contributed by atoms with E-state index in [-0.39, 0.29) is 29.6 Å². The van der Waals surface area contributed by atoms with Gasteiger partial charge in [0.05, 0.1) is 6.42 Å². The molecule has 1 aliphatic carbocycles. The average Bonchev–Trinajstić information content (AvgIpc) is 2.78. The van der Waals surface area contributed by atoms with Crippen LogP contribution in [0.3, 0.4) is 0 Å². The predicted molar refractivity (Wildman–Crippen MR) is 97.9 cm³/mol. The maximum Gasteiger partial charge on any atom is 0.307 e. The molecule has 0 bridgehead atoms. The Morgan fingerprint density at radius 1 is 1.28 bits per heavy atom. The molecule has 140 valence electrons. The van der Waals surface area contributed by atoms with Gasteiger partial charge in [-0.15, -0.1) is 0 Å². The Balaban J connectivity index is 2.16. The van der Waals surface area contributed by atoms with Crippen LogP contribution >= 0.6 is 0 Å². The van der Waals surface area contributed by atoms with Crippen molar-refractivity contribution in [1.82, 2.24) is 0 Å². The van der Waals surface area contributed by atoms with Crippen LogP contribution in [0, 0.1) is 11.3 Å². The monoisotopic (exact) mass is 348 g/mol. The SMILES string of the molecule is CC(=O)O[C@@H]1CCC(C)C2(CC(=O)O[C@@H]2/C=C(\C)CCC=C(C)C)C1. The summed E-state index contributed by atoms with van der Waals surface area (Å²) in [5, 5.41) is 0. The van der Waals surface area contributed by atoms with Crippen molar-refractivity contribution < 1.29 is 19.1 Å². The molecule has 25 heavy (non-hydrogen) atoms. The standard InChI is InChI=1S/C21H32O4/c1-14(2)7-6-8-15(3)11-19-21(13-20(23)25-19)12-18(24-17(5)22)10-9-16(21)4/h7,11,16,18-19H,6,8-10,12-13H2,1-5H3/b15-11+/t16?,18-,19-,21?/m1/s1. The normalized spacial score (nSPS) is 32.4. The summed E-state index contributed by atoms with van der Waals surface area (Å²) >= 11 is 0. The van der Waals surface area contributed by atoms with Crippen LogP contribution in [0.4, 0.5) is 0 Å². The Hall–Kier alpha value is -1.58. The summed E-state index contributed by atoms with van der Waals surface area (Å²) in [6.07, 6.45) is 8.98. The molecule has 0 N–H and O–H groups in total. The van der Waals surface area contributed by atoms with Gasteiger partial charge < -0.3 is 9.47 Å². The van der Waals surface area contributed by atoms with Gasteiger partial charge in [0.2, 0.25) is 0 Å². The summed E-state index contributed by atoms with van der Waals surface area (Å²) in [4.78, 5) is 23.5. The van der Waals surface area contributed by atoms with E-state index in [9.17, 15) is 9.59 Å². The molecule has 4 atom stereocenters. The first kappa shape index (κ1) is 19.7. The second-order valence-electron chi connectivity index (χ2n) is 8.07. The first-order valence-electron chi connectivity index (χ1n) is 9.40. The zero-order chi connectivity index (χ0) is 18.6. The van der Waals surface area contributed by atoms with Crippen molar-refractivity contribution in [2.24, 2.45) is 11.3 Å². The second-order valence-corrected chi connectivity index (χ2v) is 8.07. The lowest BCUT2D eigenvalue weighted by Gasteiger charge is -2.43. The molecule has 2 aliphatic rings. The zero-order valence-corrected chi connectivity index (χ0v) is 16.3. The molecule has 1 aliphatic heterocycles. The molecule has 2 fully saturated rings. The van der Waals surface area contributed by atoms with E-state index in [4.69, 9.17) is 9.47 Å². The Labute approximate surface area is 151 Å². The van der Waals surface area contributed by atoms with Crippen LogP contribution in [0.15, 0.2) is 23.3 Å². The lowest BCUT2D eigenvalue weighted by Crippen LogP contribution is -2.44. The predicted octanol–water partition coefficient (Wildman–Crippen LogP) is 4.73. The highest BCUT2D eigenvalue weighted by atomic mass is 16.6. The fourth-order valence-corrected chi connectivity index (χ4v) is 4.23. The van der Waals surface area contributed by atoms with E-state index >= 15 is 0 Å². The lowest BCUT2D eigenvalue weighted by molar-refractivity contribution is -0.152. The highest BCUT2D eigenvalue weighted by molar-refractivity contribution is 5.74. The van der Waals surface area contributed by atoms with Gasteiger partial charge >= 0.3 is 11.9 Å². The van der Waals surface area contributed by atoms with Crippen molar-refractivity contribution >= 4 is 11.9 Å². The van der Waals surface area contributed by atoms with E-state index < -0.39 is 0 Å². The lowest BCUT2D eigenvalue weighted by atomic mass is 9.62. The maximum absolute atomic E-state index is 12.1. The first-order valence-corrected chi connectivity index (χ1v) is 9.40. The molecular formula is C21H32O4. The smallest absolute Gasteiger partial charge is 0.307 e. The van der Waals surface area contributed by atoms with E-state index in [1.54, 1.807) is 0 Å². The summed E-state index contributed by atoms with van der Waals surface area (Å²) in [6.45, 7) is 9.96. The van der Waals surface area contributed by atoms with Crippen LogP contribution in [-0.4, -0.2) is 24.1 Å². The molecule has 1 saturated heterocycles. The van der Waals surface area contributed by atoms with Crippen molar-refractivity contribution in [1.29, 1.82) is 0 Å². The molecule has 2 unspecified atom stereocenters. The minimum atomic E-state index is -0.245. The highest BCUT2D eigenvalue weighted by Crippen LogP contribution is 2.52. The van der Waals surface area contributed by atoms with Gasteiger partial charge in [-0.1, -0.05) is 24.1 Å². The van der Waals surface area contributed by atoms with Crippen LogP contribution in [0.1, 0.15) is 73.1 Å². The Morgan fingerprint density at radius 2 is 2.00 bits per heavy atom. The Morgan fingerprint density at radius 3 is 2.64 bits per heavy atom. The van der Waals surface area contributed by atoms with Crippen molar-refractivity contribution in [2.45, 2.75) is 85.4 Å². The molecule has 0 aromatic rings. The number of allylic oxidation sites excluding steroid dienone is 3. The van der Waals surface area contributed by atoms with Crippen molar-refractivity contribution in [3.63, 3.8) is 0 Å². The summed E-state index contributed by atoms with van der Waals surface area (Å²) in [6, 6.07) is 0. The third-order valence-corrected chi connectivity index (χ3v) is 5.67. The molecule has 0 aromatic heterocycles. The van der Waals surface area contributed by atoms with Gasteiger partial charge in [-0.2, -0.15) is 0 Å². The molecule has 1 heterocycles. The fraction of sp³-hybridized carbons (Fsp3) is 0.714. The third kappa shape index (κ3) is 4.96. The van der Waals surface area contributed by atoms with Crippen molar-refractivity contribution in [2.75, 3.05) is 0 Å². The van der Waals surface area contributed by atoms with Gasteiger partial charge in [-0.25, -0.2) is 0 Å². The van der Waals surface area contributed by atoms with E-state index in [2.05, 4.69) is 39.8 Å². The second kappa shape index (κ2) is 8.20. The topological polar surface area (TPSA) is 52.6 Å². The van der Waals surface area contributed by atoms with Gasteiger partial charge in [0.25, 0.3) is 0 Å². The van der Waals surface area contributed by atoms with Gasteiger partial charge in [0, 0.05) is 12.3 Å². The molecular weight excluding hydrogens is 316 g/mol. The van der Waals surface area contributed by atoms with Crippen LogP contribution in [-0.2, 0) is 19.1 Å². The number of hydrogen-bond donors (Lipinski definition) is 0. The Bertz CT molecular complexity index is 570. The maximum atomic E-state index is 12.1. The molecule has 0 amide bonds. The summed E-state index contributed by atoms with van der Waals surface area (Å²) in [5.74, 6) is -0.00351. The molecule has 2 rings (SSSR count). The summed E-state index contributed by atoms with van der Waals surface area (Å²) in [7, 11) is 0. The van der Waals surface area contributed by atoms with Gasteiger partial charge in [-0.05, 0) is 64.9 Å². The number of rotatable bonds is 5. The zero-order valence-electron chi connectivity index (χ0n) is 16.3. The fourth-order valence-electron chi connectivity index (χ4n) is 4.23. The van der Waals surface area contributed by atoms with E-state index in [0.29, 0.717) is 18.8 Å². The first-order chi connectivity index (χ1) is 11.7. The Kier molecular flexibility index (Phi) is 6.47. The van der Waals surface area contributed by atoms with Crippen molar-refractivity contribution in [3.05, 3.63) is 23.3 Å². The van der Waals surface area contributed by atoms with Gasteiger partial charge in [0.15, 0.2) is 0 Å². The molecule has 1 spiro atoms. The highest BCUT2D eigenvalue weighted by Gasteiger charge is 2.54. The van der Waals surface area contributed by atoms with Crippen LogP contribution in [0.2, 0.25) is 0 Å². The number of carbonyl (C=O) groups is 2. The molecule has 0 radical (unpaired) electrons. The van der Waals surface area contributed by atoms with Gasteiger partial charge in [-0.3, -0.25) is 9.59 Å². The van der Waals surface area contributed by atoms with E-state index in [1.807, 2.05) is 0 Å². The summed E-state index contributed by atoms with van der Waals surface area (Å²) in [5.41, 5.74) is 2.33. The van der Waals surface area contributed by atoms with Crippen molar-refractivity contribution in [3.8, 4) is 0 Å². The van der Waals surface area contributed by atoms with Crippen LogP contribution in [0.25, 0.3) is 0 Å². The number of esters is 2. The van der Waals surface area contributed by atoms with Crippen LogP contribution in [0.5, 0.6) is 0 Å². The molecule has 4 heteroatoms. The third-order valence-electron chi connectivity index (χ3n) is 5.67. The van der Waals surface area contributed by atoms with Gasteiger partial charge in [0.1, 0.15) is 12.2 Å². The van der Waals surface area contributed by atoms with E-state index in [1.165, 1.54) is 18.1 Å².